The minimum atomic E-state index is 0.109. The molecule has 0 aromatic carbocycles. The molecule has 1 saturated carbocycles. The summed E-state index contributed by atoms with van der Waals surface area (Å²) in [4.78, 5) is 17.5. The second-order valence-electron chi connectivity index (χ2n) is 7.75. The van der Waals surface area contributed by atoms with Gasteiger partial charge in [-0.1, -0.05) is 0 Å². The van der Waals surface area contributed by atoms with Gasteiger partial charge in [0.25, 0.3) is 5.91 Å². The number of piperidine rings is 1. The summed E-state index contributed by atoms with van der Waals surface area (Å²) in [6.07, 6.45) is 7.35. The molecule has 5 nitrogen and oxygen atoms in total. The first-order valence-corrected chi connectivity index (χ1v) is 9.25. The lowest BCUT2D eigenvalue weighted by atomic mass is 10.0. The van der Waals surface area contributed by atoms with Crippen LogP contribution in [0.5, 0.6) is 0 Å². The summed E-state index contributed by atoms with van der Waals surface area (Å²) in [5, 5.41) is 7.34. The molecule has 0 radical (unpaired) electrons. The summed E-state index contributed by atoms with van der Waals surface area (Å²) >= 11 is 0. The Bertz CT molecular complexity index is 569. The molecule has 5 heteroatoms. The molecule has 3 heterocycles. The molecule has 1 aromatic heterocycles. The summed E-state index contributed by atoms with van der Waals surface area (Å²) < 4.78 is 0. The first kappa shape index (κ1) is 15.2. The van der Waals surface area contributed by atoms with E-state index in [9.17, 15) is 4.79 Å². The molecule has 0 spiro atoms. The summed E-state index contributed by atoms with van der Waals surface area (Å²) in [6, 6.07) is 3.79. The number of H-pyrrole nitrogens is 1. The van der Waals surface area contributed by atoms with Crippen LogP contribution in [0.1, 0.15) is 74.5 Å². The second-order valence-corrected chi connectivity index (χ2v) is 7.75. The van der Waals surface area contributed by atoms with E-state index in [4.69, 9.17) is 0 Å². The fourth-order valence-corrected chi connectivity index (χ4v) is 4.53. The summed E-state index contributed by atoms with van der Waals surface area (Å²) in [7, 11) is 0. The molecule has 23 heavy (non-hydrogen) atoms. The lowest BCUT2D eigenvalue weighted by Crippen LogP contribution is -2.52. The molecule has 1 amide bonds. The topological polar surface area (TPSA) is 52.2 Å². The van der Waals surface area contributed by atoms with Crippen LogP contribution in [0.3, 0.4) is 0 Å². The molecule has 3 fully saturated rings. The van der Waals surface area contributed by atoms with Crippen molar-refractivity contribution in [2.75, 3.05) is 13.1 Å². The summed E-state index contributed by atoms with van der Waals surface area (Å²) in [6.45, 7) is 6.40. The van der Waals surface area contributed by atoms with Crippen LogP contribution >= 0.6 is 0 Å². The van der Waals surface area contributed by atoms with Crippen LogP contribution in [0.25, 0.3) is 0 Å². The summed E-state index contributed by atoms with van der Waals surface area (Å²) in [5.74, 6) is 0.724. The van der Waals surface area contributed by atoms with Crippen molar-refractivity contribution in [2.24, 2.45) is 0 Å². The molecule has 126 valence electrons. The van der Waals surface area contributed by atoms with E-state index in [1.165, 1.54) is 32.1 Å². The van der Waals surface area contributed by atoms with E-state index in [-0.39, 0.29) is 5.91 Å². The van der Waals surface area contributed by atoms with E-state index in [2.05, 4.69) is 28.9 Å². The molecule has 3 atom stereocenters. The molecule has 1 aliphatic carbocycles. The van der Waals surface area contributed by atoms with Crippen LogP contribution in [0.2, 0.25) is 0 Å². The van der Waals surface area contributed by atoms with Crippen LogP contribution in [0.4, 0.5) is 0 Å². The van der Waals surface area contributed by atoms with Crippen molar-refractivity contribution < 1.29 is 4.79 Å². The molecular weight excluding hydrogens is 288 g/mol. The van der Waals surface area contributed by atoms with Crippen molar-refractivity contribution in [2.45, 2.75) is 76.4 Å². The van der Waals surface area contributed by atoms with E-state index in [0.29, 0.717) is 29.7 Å². The van der Waals surface area contributed by atoms with Gasteiger partial charge in [-0.2, -0.15) is 5.10 Å². The third-order valence-electron chi connectivity index (χ3n) is 5.96. The minimum Gasteiger partial charge on any atom is -0.336 e. The van der Waals surface area contributed by atoms with E-state index in [1.807, 2.05) is 11.0 Å². The number of carbonyl (C=O) groups is 1. The van der Waals surface area contributed by atoms with Gasteiger partial charge in [0.1, 0.15) is 5.69 Å². The number of nitrogens with one attached hydrogen (secondary N) is 1. The number of carbonyl (C=O) groups excluding carboxylic acids is 1. The second kappa shape index (κ2) is 5.93. The van der Waals surface area contributed by atoms with Gasteiger partial charge in [0, 0.05) is 42.8 Å². The van der Waals surface area contributed by atoms with Gasteiger partial charge in [-0.3, -0.25) is 14.8 Å². The van der Waals surface area contributed by atoms with E-state index >= 15 is 0 Å². The lowest BCUT2D eigenvalue weighted by molar-refractivity contribution is 0.0482. The van der Waals surface area contributed by atoms with Crippen LogP contribution in [-0.2, 0) is 0 Å². The minimum absolute atomic E-state index is 0.109. The van der Waals surface area contributed by atoms with Gasteiger partial charge in [0.2, 0.25) is 0 Å². The van der Waals surface area contributed by atoms with E-state index in [1.54, 1.807) is 0 Å². The molecule has 4 rings (SSSR count). The highest BCUT2D eigenvalue weighted by molar-refractivity contribution is 5.92. The quantitative estimate of drug-likeness (QED) is 0.933. The molecule has 2 saturated heterocycles. The van der Waals surface area contributed by atoms with Gasteiger partial charge in [-0.15, -0.1) is 0 Å². The predicted molar refractivity (Wildman–Crippen MR) is 89.5 cm³/mol. The van der Waals surface area contributed by atoms with Crippen molar-refractivity contribution in [1.29, 1.82) is 0 Å². The highest BCUT2D eigenvalue weighted by Crippen LogP contribution is 2.39. The monoisotopic (exact) mass is 316 g/mol. The average molecular weight is 316 g/mol. The van der Waals surface area contributed by atoms with E-state index in [0.717, 1.165) is 25.2 Å². The van der Waals surface area contributed by atoms with Crippen LogP contribution in [-0.4, -0.2) is 57.1 Å². The van der Waals surface area contributed by atoms with Crippen molar-refractivity contribution in [3.63, 3.8) is 0 Å². The Kier molecular flexibility index (Phi) is 3.92. The van der Waals surface area contributed by atoms with Gasteiger partial charge in [-0.25, -0.2) is 0 Å². The Morgan fingerprint density at radius 1 is 1.17 bits per heavy atom. The third-order valence-corrected chi connectivity index (χ3v) is 5.96. The van der Waals surface area contributed by atoms with Crippen LogP contribution in [0.15, 0.2) is 6.07 Å². The van der Waals surface area contributed by atoms with Crippen molar-refractivity contribution in [3.05, 3.63) is 17.5 Å². The van der Waals surface area contributed by atoms with E-state index < -0.39 is 0 Å². The van der Waals surface area contributed by atoms with Crippen molar-refractivity contribution in [1.82, 2.24) is 20.0 Å². The highest BCUT2D eigenvalue weighted by Gasteiger charge is 2.37. The molecule has 0 unspecified atom stereocenters. The first-order valence-electron chi connectivity index (χ1n) is 9.25. The molecule has 2 aliphatic heterocycles. The normalized spacial score (nSPS) is 32.4. The number of rotatable bonds is 3. The molecule has 1 aromatic rings. The third kappa shape index (κ3) is 2.91. The van der Waals surface area contributed by atoms with Gasteiger partial charge in [0.15, 0.2) is 0 Å². The Balaban J connectivity index is 1.44. The zero-order chi connectivity index (χ0) is 16.0. The molecule has 3 aliphatic rings. The lowest BCUT2D eigenvalue weighted by Gasteiger charge is -2.41. The number of aromatic nitrogens is 2. The Hall–Kier alpha value is -1.36. The predicted octanol–water partition coefficient (Wildman–Crippen LogP) is 2.76. The number of hydrogen-bond acceptors (Lipinski definition) is 3. The Morgan fingerprint density at radius 2 is 1.91 bits per heavy atom. The maximum absolute atomic E-state index is 12.8. The number of amides is 1. The number of likely N-dealkylation sites (tertiary alicyclic amines) is 2. The zero-order valence-electron chi connectivity index (χ0n) is 14.3. The maximum atomic E-state index is 12.8. The average Bonchev–Trinajstić information content (AvgIpc) is 3.20. The first-order chi connectivity index (χ1) is 11.1. The molecular formula is C18H28N4O. The standard InChI is InChI=1S/C18H28N4O/c1-12-5-6-13(2)22(12)15-4-3-9-21(11-15)18(23)17-10-16(19-20-17)14-7-8-14/h10,12-15H,3-9,11H2,1-2H3,(H,19,20)/t12-,13+,15-/m0/s1. The van der Waals surface area contributed by atoms with Gasteiger partial charge < -0.3 is 4.90 Å². The number of nitrogens with zero attached hydrogens (tertiary/aromatic N) is 3. The summed E-state index contributed by atoms with van der Waals surface area (Å²) in [5.41, 5.74) is 1.75. The van der Waals surface area contributed by atoms with Crippen molar-refractivity contribution in [3.8, 4) is 0 Å². The zero-order valence-corrected chi connectivity index (χ0v) is 14.3. The SMILES string of the molecule is C[C@@H]1CC[C@H](C)N1[C@H]1CCCN(C(=O)c2cc(C3CC3)[nH]n2)C1. The largest absolute Gasteiger partial charge is 0.336 e. The van der Waals surface area contributed by atoms with Gasteiger partial charge in [-0.05, 0) is 58.4 Å². The molecule has 0 bridgehead atoms. The highest BCUT2D eigenvalue weighted by atomic mass is 16.2. The fraction of sp³-hybridized carbons (Fsp3) is 0.778. The Labute approximate surface area is 138 Å². The Morgan fingerprint density at radius 3 is 2.61 bits per heavy atom. The van der Waals surface area contributed by atoms with Crippen LogP contribution in [0, 0.1) is 0 Å². The number of aromatic amines is 1. The fourth-order valence-electron chi connectivity index (χ4n) is 4.53. The van der Waals surface area contributed by atoms with Gasteiger partial charge >= 0.3 is 0 Å². The maximum Gasteiger partial charge on any atom is 0.274 e. The number of hydrogen-bond donors (Lipinski definition) is 1. The van der Waals surface area contributed by atoms with Crippen molar-refractivity contribution >= 4 is 5.91 Å². The van der Waals surface area contributed by atoms with Crippen LogP contribution < -0.4 is 0 Å². The van der Waals surface area contributed by atoms with Gasteiger partial charge in [0.05, 0.1) is 0 Å². The molecule has 1 N–H and O–H groups in total. The smallest absolute Gasteiger partial charge is 0.274 e.